The van der Waals surface area contributed by atoms with Crippen molar-refractivity contribution in [3.8, 4) is 0 Å². The summed E-state index contributed by atoms with van der Waals surface area (Å²) in [6, 6.07) is -0.260. The molecule has 14 heavy (non-hydrogen) atoms. The van der Waals surface area contributed by atoms with Crippen LogP contribution in [0.4, 0.5) is 0 Å². The third-order valence-corrected chi connectivity index (χ3v) is 3.24. The van der Waals surface area contributed by atoms with Crippen molar-refractivity contribution in [2.45, 2.75) is 45.6 Å². The Hall–Kier alpha value is -0.570. The fourth-order valence-electron chi connectivity index (χ4n) is 2.30. The number of hydrogen-bond donors (Lipinski definition) is 1. The highest BCUT2D eigenvalue weighted by Gasteiger charge is 2.28. The molecule has 1 fully saturated rings. The molecule has 1 aliphatic heterocycles. The smallest absolute Gasteiger partial charge is 0.320 e. The first-order valence-corrected chi connectivity index (χ1v) is 5.65. The van der Waals surface area contributed by atoms with Gasteiger partial charge in [0.2, 0.25) is 0 Å². The highest BCUT2D eigenvalue weighted by atomic mass is 16.4. The Bertz CT molecular complexity index is 194. The van der Waals surface area contributed by atoms with Crippen LogP contribution in [0, 0.1) is 5.92 Å². The van der Waals surface area contributed by atoms with Crippen LogP contribution in [0.3, 0.4) is 0 Å². The van der Waals surface area contributed by atoms with Gasteiger partial charge in [0.25, 0.3) is 0 Å². The molecule has 3 nitrogen and oxygen atoms in total. The molecule has 0 radical (unpaired) electrons. The molecule has 0 aliphatic carbocycles. The van der Waals surface area contributed by atoms with Gasteiger partial charge in [-0.2, -0.15) is 0 Å². The number of carbonyl (C=O) groups is 1. The van der Waals surface area contributed by atoms with E-state index in [0.29, 0.717) is 12.3 Å². The molecule has 1 saturated heterocycles. The van der Waals surface area contributed by atoms with Crippen molar-refractivity contribution in [1.82, 2.24) is 4.90 Å². The van der Waals surface area contributed by atoms with E-state index in [-0.39, 0.29) is 6.04 Å². The van der Waals surface area contributed by atoms with Crippen molar-refractivity contribution >= 4 is 5.97 Å². The summed E-state index contributed by atoms with van der Waals surface area (Å²) >= 11 is 0. The van der Waals surface area contributed by atoms with Crippen LogP contribution < -0.4 is 0 Å². The highest BCUT2D eigenvalue weighted by molar-refractivity contribution is 5.73. The molecule has 1 aliphatic rings. The van der Waals surface area contributed by atoms with E-state index < -0.39 is 5.97 Å². The van der Waals surface area contributed by atoms with Crippen LogP contribution in [0.15, 0.2) is 0 Å². The van der Waals surface area contributed by atoms with Gasteiger partial charge in [-0.05, 0) is 31.7 Å². The molecule has 0 aromatic carbocycles. The molecule has 2 unspecified atom stereocenters. The standard InChI is InChI=1S/C11H21NO2/c1-3-9-6-5-7-12(8-9)10(4-2)11(13)14/h9-10H,3-8H2,1-2H3,(H,13,14). The summed E-state index contributed by atoms with van der Waals surface area (Å²) < 4.78 is 0. The van der Waals surface area contributed by atoms with E-state index in [1.54, 1.807) is 0 Å². The summed E-state index contributed by atoms with van der Waals surface area (Å²) in [7, 11) is 0. The van der Waals surface area contributed by atoms with Crippen molar-refractivity contribution in [2.75, 3.05) is 13.1 Å². The number of hydrogen-bond acceptors (Lipinski definition) is 2. The largest absolute Gasteiger partial charge is 0.480 e. The van der Waals surface area contributed by atoms with Gasteiger partial charge in [0.1, 0.15) is 6.04 Å². The third kappa shape index (κ3) is 2.71. The molecule has 0 amide bonds. The van der Waals surface area contributed by atoms with Gasteiger partial charge >= 0.3 is 5.97 Å². The average molecular weight is 199 g/mol. The minimum Gasteiger partial charge on any atom is -0.480 e. The van der Waals surface area contributed by atoms with Crippen LogP contribution in [0.25, 0.3) is 0 Å². The molecule has 0 bridgehead atoms. The Balaban J connectivity index is 2.53. The van der Waals surface area contributed by atoms with E-state index in [1.165, 1.54) is 12.8 Å². The summed E-state index contributed by atoms with van der Waals surface area (Å²) in [5.41, 5.74) is 0. The van der Waals surface area contributed by atoms with E-state index >= 15 is 0 Å². The zero-order valence-electron chi connectivity index (χ0n) is 9.20. The van der Waals surface area contributed by atoms with Gasteiger partial charge in [-0.1, -0.05) is 20.3 Å². The van der Waals surface area contributed by atoms with Crippen molar-refractivity contribution < 1.29 is 9.90 Å². The van der Waals surface area contributed by atoms with Crippen LogP contribution in [0.2, 0.25) is 0 Å². The van der Waals surface area contributed by atoms with E-state index in [9.17, 15) is 4.79 Å². The molecular formula is C11H21NO2. The third-order valence-electron chi connectivity index (χ3n) is 3.24. The molecule has 1 heterocycles. The number of nitrogens with zero attached hydrogens (tertiary/aromatic N) is 1. The molecule has 0 spiro atoms. The molecule has 1 rings (SSSR count). The summed E-state index contributed by atoms with van der Waals surface area (Å²) in [5.74, 6) is 0.0430. The zero-order chi connectivity index (χ0) is 10.6. The van der Waals surface area contributed by atoms with Gasteiger partial charge in [-0.25, -0.2) is 0 Å². The quantitative estimate of drug-likeness (QED) is 0.752. The zero-order valence-corrected chi connectivity index (χ0v) is 9.20. The number of piperidine rings is 1. The molecular weight excluding hydrogens is 178 g/mol. The van der Waals surface area contributed by atoms with Crippen LogP contribution >= 0.6 is 0 Å². The predicted octanol–water partition coefficient (Wildman–Crippen LogP) is 1.97. The SMILES string of the molecule is CCC1CCCN(C(CC)C(=O)O)C1. The second-order valence-electron chi connectivity index (χ2n) is 4.17. The summed E-state index contributed by atoms with van der Waals surface area (Å²) in [6.07, 6.45) is 4.31. The molecule has 0 aromatic rings. The van der Waals surface area contributed by atoms with E-state index in [4.69, 9.17) is 5.11 Å². The topological polar surface area (TPSA) is 40.5 Å². The van der Waals surface area contributed by atoms with Crippen molar-refractivity contribution in [3.05, 3.63) is 0 Å². The van der Waals surface area contributed by atoms with Crippen LogP contribution in [-0.4, -0.2) is 35.1 Å². The molecule has 3 heteroatoms. The maximum Gasteiger partial charge on any atom is 0.320 e. The van der Waals surface area contributed by atoms with Gasteiger partial charge in [0, 0.05) is 6.54 Å². The lowest BCUT2D eigenvalue weighted by Gasteiger charge is -2.35. The maximum absolute atomic E-state index is 11.0. The average Bonchev–Trinajstić information content (AvgIpc) is 2.19. The minimum atomic E-state index is -0.663. The van der Waals surface area contributed by atoms with Gasteiger partial charge < -0.3 is 5.11 Å². The Morgan fingerprint density at radius 1 is 1.57 bits per heavy atom. The number of likely N-dealkylation sites (tertiary alicyclic amines) is 1. The van der Waals surface area contributed by atoms with Gasteiger partial charge in [0.05, 0.1) is 0 Å². The van der Waals surface area contributed by atoms with Crippen LogP contribution in [-0.2, 0) is 4.79 Å². The van der Waals surface area contributed by atoms with Crippen molar-refractivity contribution in [3.63, 3.8) is 0 Å². The lowest BCUT2D eigenvalue weighted by molar-refractivity contribution is -0.144. The van der Waals surface area contributed by atoms with Crippen molar-refractivity contribution in [2.24, 2.45) is 5.92 Å². The first kappa shape index (κ1) is 11.5. The lowest BCUT2D eigenvalue weighted by atomic mass is 9.94. The van der Waals surface area contributed by atoms with Gasteiger partial charge in [-0.3, -0.25) is 9.69 Å². The molecule has 0 aromatic heterocycles. The molecule has 2 atom stereocenters. The first-order valence-electron chi connectivity index (χ1n) is 5.65. The van der Waals surface area contributed by atoms with E-state index in [1.807, 2.05) is 6.92 Å². The first-order chi connectivity index (χ1) is 6.69. The fourth-order valence-corrected chi connectivity index (χ4v) is 2.30. The highest BCUT2D eigenvalue weighted by Crippen LogP contribution is 2.21. The van der Waals surface area contributed by atoms with Gasteiger partial charge in [-0.15, -0.1) is 0 Å². The summed E-state index contributed by atoms with van der Waals surface area (Å²) in [6.45, 7) is 6.08. The van der Waals surface area contributed by atoms with E-state index in [0.717, 1.165) is 19.5 Å². The number of carboxylic acid groups (broad SMARTS) is 1. The Labute approximate surface area is 86.1 Å². The Morgan fingerprint density at radius 2 is 2.29 bits per heavy atom. The monoisotopic (exact) mass is 199 g/mol. The predicted molar refractivity (Wildman–Crippen MR) is 56.3 cm³/mol. The molecule has 1 N–H and O–H groups in total. The maximum atomic E-state index is 11.0. The second kappa shape index (κ2) is 5.35. The lowest BCUT2D eigenvalue weighted by Crippen LogP contribution is -2.46. The summed E-state index contributed by atoms with van der Waals surface area (Å²) in [5, 5.41) is 9.04. The summed E-state index contributed by atoms with van der Waals surface area (Å²) in [4.78, 5) is 13.1. The Morgan fingerprint density at radius 3 is 2.79 bits per heavy atom. The Kier molecular flexibility index (Phi) is 4.39. The van der Waals surface area contributed by atoms with Gasteiger partial charge in [0.15, 0.2) is 0 Å². The normalized spacial score (nSPS) is 26.0. The van der Waals surface area contributed by atoms with Crippen molar-refractivity contribution in [1.29, 1.82) is 0 Å². The molecule has 0 saturated carbocycles. The van der Waals surface area contributed by atoms with E-state index in [2.05, 4.69) is 11.8 Å². The fraction of sp³-hybridized carbons (Fsp3) is 0.909. The molecule has 82 valence electrons. The van der Waals surface area contributed by atoms with Crippen LogP contribution in [0.1, 0.15) is 39.5 Å². The van der Waals surface area contributed by atoms with Crippen LogP contribution in [0.5, 0.6) is 0 Å². The minimum absolute atomic E-state index is 0.260. The number of carboxylic acids is 1. The number of aliphatic carboxylic acids is 1. The second-order valence-corrected chi connectivity index (χ2v) is 4.17. The number of rotatable bonds is 4.